The molecule has 0 unspecified atom stereocenters. The molecule has 0 atom stereocenters. The van der Waals surface area contributed by atoms with Gasteiger partial charge in [0.05, 0.1) is 0 Å². The van der Waals surface area contributed by atoms with Crippen LogP contribution < -0.4 is 0 Å². The molecule has 140 valence electrons. The zero-order valence-electron chi connectivity index (χ0n) is 15.2. The lowest BCUT2D eigenvalue weighted by molar-refractivity contribution is -0.127. The van der Waals surface area contributed by atoms with E-state index in [1.807, 2.05) is 26.8 Å². The molecular weight excluding hydrogens is 400 g/mol. The van der Waals surface area contributed by atoms with Gasteiger partial charge in [0.25, 0.3) is 0 Å². The predicted octanol–water partition coefficient (Wildman–Crippen LogP) is 3.27. The Bertz CT molecular complexity index is 716. The maximum atomic E-state index is 12.2. The summed E-state index contributed by atoms with van der Waals surface area (Å²) in [5, 5.41) is 0. The minimum atomic E-state index is -0.542. The summed E-state index contributed by atoms with van der Waals surface area (Å²) < 4.78 is 6.14. The fourth-order valence-electron chi connectivity index (χ4n) is 2.43. The topological polar surface area (TPSA) is 66.9 Å². The van der Waals surface area contributed by atoms with Crippen molar-refractivity contribution in [2.75, 3.05) is 26.2 Å². The smallest absolute Gasteiger partial charge is 0.410 e. The summed E-state index contributed by atoms with van der Waals surface area (Å²) >= 11 is 3.31. The van der Waals surface area contributed by atoms with Crippen LogP contribution in [-0.2, 0) is 9.53 Å². The lowest BCUT2D eigenvalue weighted by Crippen LogP contribution is -2.51. The first-order valence-electron chi connectivity index (χ1n) is 8.40. The highest BCUT2D eigenvalue weighted by Gasteiger charge is 2.27. The van der Waals surface area contributed by atoms with E-state index in [1.165, 1.54) is 12.2 Å². The first-order chi connectivity index (χ1) is 12.2. The van der Waals surface area contributed by atoms with Crippen LogP contribution in [0, 0.1) is 0 Å². The molecule has 1 aliphatic rings. The summed E-state index contributed by atoms with van der Waals surface area (Å²) in [5.41, 5.74) is -0.0299. The average molecular weight is 423 g/mol. The normalized spacial score (nSPS) is 15.2. The Labute approximate surface area is 161 Å². The molecule has 1 heterocycles. The number of hydrogen-bond donors (Lipinski definition) is 0. The van der Waals surface area contributed by atoms with E-state index in [0.717, 1.165) is 4.47 Å². The van der Waals surface area contributed by atoms with E-state index in [9.17, 15) is 14.4 Å². The van der Waals surface area contributed by atoms with Crippen LogP contribution in [0.25, 0.3) is 0 Å². The van der Waals surface area contributed by atoms with Gasteiger partial charge in [0.1, 0.15) is 5.60 Å². The number of carbonyl (C=O) groups is 3. The van der Waals surface area contributed by atoms with Crippen LogP contribution in [0.5, 0.6) is 0 Å². The molecule has 7 heteroatoms. The standard InChI is InChI=1S/C19H23BrN2O4/c1-19(2,3)26-18(25)22-11-9-21(10-12-22)17(24)8-7-16(23)14-5-4-6-15(20)13-14/h4-8,13H,9-12H2,1-3H3/b8-7+. The molecule has 1 aliphatic heterocycles. The zero-order chi connectivity index (χ0) is 19.3. The molecule has 6 nitrogen and oxygen atoms in total. The van der Waals surface area contributed by atoms with Crippen molar-refractivity contribution in [1.29, 1.82) is 0 Å². The molecule has 1 aromatic rings. The van der Waals surface area contributed by atoms with Crippen molar-refractivity contribution in [3.63, 3.8) is 0 Å². The quantitative estimate of drug-likeness (QED) is 0.553. The summed E-state index contributed by atoms with van der Waals surface area (Å²) in [4.78, 5) is 39.6. The monoisotopic (exact) mass is 422 g/mol. The largest absolute Gasteiger partial charge is 0.444 e. The molecule has 0 aliphatic carbocycles. The Hall–Kier alpha value is -2.15. The Balaban J connectivity index is 1.86. The van der Waals surface area contributed by atoms with Gasteiger partial charge in [-0.25, -0.2) is 4.79 Å². The SMILES string of the molecule is CC(C)(C)OC(=O)N1CCN(C(=O)/C=C/C(=O)c2cccc(Br)c2)CC1. The first-order valence-corrected chi connectivity index (χ1v) is 9.20. The predicted molar refractivity (Wildman–Crippen MR) is 102 cm³/mol. The molecule has 1 aromatic carbocycles. The maximum absolute atomic E-state index is 12.2. The average Bonchev–Trinajstić information content (AvgIpc) is 2.58. The van der Waals surface area contributed by atoms with Gasteiger partial charge in [-0.1, -0.05) is 28.1 Å². The van der Waals surface area contributed by atoms with Gasteiger partial charge in [-0.2, -0.15) is 0 Å². The van der Waals surface area contributed by atoms with Gasteiger partial charge in [-0.3, -0.25) is 9.59 Å². The van der Waals surface area contributed by atoms with Gasteiger partial charge < -0.3 is 14.5 Å². The van der Waals surface area contributed by atoms with E-state index in [0.29, 0.717) is 31.7 Å². The fourth-order valence-corrected chi connectivity index (χ4v) is 2.83. The Morgan fingerprint density at radius 3 is 2.23 bits per heavy atom. The number of carbonyl (C=O) groups excluding carboxylic acids is 3. The van der Waals surface area contributed by atoms with E-state index in [-0.39, 0.29) is 17.8 Å². The zero-order valence-corrected chi connectivity index (χ0v) is 16.8. The molecule has 0 saturated carbocycles. The van der Waals surface area contributed by atoms with E-state index in [4.69, 9.17) is 4.74 Å². The molecule has 0 spiro atoms. The Morgan fingerprint density at radius 2 is 1.65 bits per heavy atom. The Kier molecular flexibility index (Phi) is 6.58. The van der Waals surface area contributed by atoms with Crippen molar-refractivity contribution >= 4 is 33.7 Å². The van der Waals surface area contributed by atoms with Crippen LogP contribution in [0.2, 0.25) is 0 Å². The van der Waals surface area contributed by atoms with Crippen LogP contribution in [0.15, 0.2) is 40.9 Å². The molecule has 0 N–H and O–H groups in total. The second-order valence-electron chi connectivity index (χ2n) is 7.00. The maximum Gasteiger partial charge on any atom is 0.410 e. The van der Waals surface area contributed by atoms with Gasteiger partial charge >= 0.3 is 6.09 Å². The third kappa shape index (κ3) is 5.98. The third-order valence-corrected chi connectivity index (χ3v) is 4.22. The second kappa shape index (κ2) is 8.49. The molecule has 2 amide bonds. The fraction of sp³-hybridized carbons (Fsp3) is 0.421. The number of hydrogen-bond acceptors (Lipinski definition) is 4. The number of rotatable bonds is 3. The molecule has 1 saturated heterocycles. The molecule has 26 heavy (non-hydrogen) atoms. The minimum absolute atomic E-state index is 0.230. The highest BCUT2D eigenvalue weighted by Crippen LogP contribution is 2.13. The molecule has 0 bridgehead atoms. The number of ether oxygens (including phenoxy) is 1. The van der Waals surface area contributed by atoms with Crippen molar-refractivity contribution < 1.29 is 19.1 Å². The third-order valence-electron chi connectivity index (χ3n) is 3.73. The van der Waals surface area contributed by atoms with Gasteiger partial charge in [0.2, 0.25) is 5.91 Å². The van der Waals surface area contributed by atoms with Gasteiger partial charge in [-0.05, 0) is 39.0 Å². The van der Waals surface area contributed by atoms with Gasteiger partial charge in [0.15, 0.2) is 5.78 Å². The minimum Gasteiger partial charge on any atom is -0.444 e. The lowest BCUT2D eigenvalue weighted by atomic mass is 10.1. The van der Waals surface area contributed by atoms with Crippen molar-refractivity contribution in [1.82, 2.24) is 9.80 Å². The highest BCUT2D eigenvalue weighted by atomic mass is 79.9. The van der Waals surface area contributed by atoms with Crippen LogP contribution in [0.4, 0.5) is 4.79 Å². The summed E-state index contributed by atoms with van der Waals surface area (Å²) in [6.45, 7) is 7.09. The van der Waals surface area contributed by atoms with Crippen LogP contribution in [0.1, 0.15) is 31.1 Å². The summed E-state index contributed by atoms with van der Waals surface area (Å²) in [6, 6.07) is 7.00. The van der Waals surface area contributed by atoms with E-state index >= 15 is 0 Å². The van der Waals surface area contributed by atoms with Crippen molar-refractivity contribution in [2.45, 2.75) is 26.4 Å². The summed E-state index contributed by atoms with van der Waals surface area (Å²) in [6.07, 6.45) is 2.20. The molecular formula is C19H23BrN2O4. The molecule has 2 rings (SSSR count). The second-order valence-corrected chi connectivity index (χ2v) is 7.92. The number of nitrogens with zero attached hydrogens (tertiary/aromatic N) is 2. The van der Waals surface area contributed by atoms with Crippen molar-refractivity contribution in [2.24, 2.45) is 0 Å². The lowest BCUT2D eigenvalue weighted by Gasteiger charge is -2.35. The van der Waals surface area contributed by atoms with Crippen LogP contribution in [0.3, 0.4) is 0 Å². The van der Waals surface area contributed by atoms with E-state index < -0.39 is 5.60 Å². The molecule has 0 radical (unpaired) electrons. The van der Waals surface area contributed by atoms with E-state index in [2.05, 4.69) is 15.9 Å². The number of benzene rings is 1. The number of allylic oxidation sites excluding steroid dienone is 1. The number of piperazine rings is 1. The first kappa shape index (κ1) is 20.2. The van der Waals surface area contributed by atoms with Crippen molar-refractivity contribution in [3.8, 4) is 0 Å². The summed E-state index contributed by atoms with van der Waals surface area (Å²) in [5.74, 6) is -0.468. The summed E-state index contributed by atoms with van der Waals surface area (Å²) in [7, 11) is 0. The van der Waals surface area contributed by atoms with Crippen LogP contribution >= 0.6 is 15.9 Å². The van der Waals surface area contributed by atoms with Gasteiger partial charge in [0, 0.05) is 42.3 Å². The van der Waals surface area contributed by atoms with Crippen molar-refractivity contribution in [3.05, 3.63) is 46.5 Å². The Morgan fingerprint density at radius 1 is 1.04 bits per heavy atom. The number of amides is 2. The molecule has 0 aromatic heterocycles. The van der Waals surface area contributed by atoms with E-state index in [1.54, 1.807) is 28.0 Å². The number of halogens is 1. The number of ketones is 1. The van der Waals surface area contributed by atoms with Crippen LogP contribution in [-0.4, -0.2) is 59.4 Å². The van der Waals surface area contributed by atoms with Gasteiger partial charge in [-0.15, -0.1) is 0 Å². The molecule has 1 fully saturated rings. The highest BCUT2D eigenvalue weighted by molar-refractivity contribution is 9.10.